The lowest BCUT2D eigenvalue weighted by molar-refractivity contribution is 0.336. The Kier molecular flexibility index (Phi) is 16.3. The quantitative estimate of drug-likeness (QED) is 0.159. The van der Waals surface area contributed by atoms with Crippen molar-refractivity contribution in [2.75, 3.05) is 0 Å². The monoisotopic (exact) mass is 433 g/mol. The fourth-order valence-electron chi connectivity index (χ4n) is 4.52. The van der Waals surface area contributed by atoms with Crippen molar-refractivity contribution in [2.45, 2.75) is 142 Å². The first kappa shape index (κ1) is 27.7. The van der Waals surface area contributed by atoms with Gasteiger partial charge in [-0.25, -0.2) is 0 Å². The maximum absolute atomic E-state index is 10.2. The number of unbranched alkanes of at least 4 members (excludes halogenated alkanes) is 15. The molecule has 0 aliphatic rings. The van der Waals surface area contributed by atoms with Gasteiger partial charge in [-0.05, 0) is 26.2 Å². The van der Waals surface area contributed by atoms with Gasteiger partial charge in [0.2, 0.25) is 0 Å². The Morgan fingerprint density at radius 1 is 0.710 bits per heavy atom. The van der Waals surface area contributed by atoms with Crippen LogP contribution in [0.2, 0.25) is 0 Å². The van der Waals surface area contributed by atoms with E-state index in [1.54, 1.807) is 16.7 Å². The highest BCUT2D eigenvalue weighted by molar-refractivity contribution is 5.28. The minimum Gasteiger partial charge on any atom is -0.494 e. The van der Waals surface area contributed by atoms with Gasteiger partial charge in [0.1, 0.15) is 0 Å². The van der Waals surface area contributed by atoms with E-state index in [0.717, 1.165) is 19.3 Å². The van der Waals surface area contributed by atoms with Crippen molar-refractivity contribution < 1.29 is 10.2 Å². The average molecular weight is 434 g/mol. The molecular weight excluding hydrogens is 382 g/mol. The molecule has 1 atom stereocenters. The van der Waals surface area contributed by atoms with Crippen LogP contribution in [0.3, 0.4) is 0 Å². The number of rotatable bonds is 20. The van der Waals surface area contributed by atoms with Crippen molar-refractivity contribution in [1.29, 1.82) is 0 Å². The normalized spacial score (nSPS) is 13.1. The molecule has 0 bridgehead atoms. The Morgan fingerprint density at radius 2 is 1.13 bits per heavy atom. The number of aromatic nitrogens is 1. The summed E-state index contributed by atoms with van der Waals surface area (Å²) in [6.45, 7) is 6.64. The second-order valence-corrected chi connectivity index (χ2v) is 9.41. The molecule has 0 amide bonds. The van der Waals surface area contributed by atoms with Crippen molar-refractivity contribution in [2.24, 2.45) is 0 Å². The maximum Gasteiger partial charge on any atom is 0.194 e. The highest BCUT2D eigenvalue weighted by Gasteiger charge is 2.18. The zero-order chi connectivity index (χ0) is 22.7. The lowest BCUT2D eigenvalue weighted by Gasteiger charge is -2.22. The molecule has 1 aromatic heterocycles. The second-order valence-electron chi connectivity index (χ2n) is 9.41. The zero-order valence-electron chi connectivity index (χ0n) is 20.9. The number of aromatic hydroxyl groups is 2. The van der Waals surface area contributed by atoms with E-state index in [1.165, 1.54) is 102 Å². The molecule has 0 saturated heterocycles. The van der Waals surface area contributed by atoms with Crippen LogP contribution in [0.15, 0.2) is 23.8 Å². The number of allylic oxidation sites excluding steroid dienone is 2. The summed E-state index contributed by atoms with van der Waals surface area (Å²) in [5.41, 5.74) is 1.26. The van der Waals surface area contributed by atoms with Crippen LogP contribution in [0, 0.1) is 0 Å². The van der Waals surface area contributed by atoms with Crippen LogP contribution in [0.4, 0.5) is 0 Å². The highest BCUT2D eigenvalue weighted by atomic mass is 16.3. The van der Waals surface area contributed by atoms with Crippen LogP contribution in [0.25, 0.3) is 0 Å². The van der Waals surface area contributed by atoms with Gasteiger partial charge in [-0.1, -0.05) is 122 Å². The second kappa shape index (κ2) is 18.2. The van der Waals surface area contributed by atoms with Crippen LogP contribution < -0.4 is 0 Å². The third-order valence-electron chi connectivity index (χ3n) is 6.57. The van der Waals surface area contributed by atoms with Gasteiger partial charge in [0.05, 0.1) is 6.04 Å². The fraction of sp³-hybridized carbons (Fsp3) is 0.786. The predicted molar refractivity (Wildman–Crippen MR) is 135 cm³/mol. The van der Waals surface area contributed by atoms with Gasteiger partial charge in [0, 0.05) is 12.1 Å². The molecular formula is C28H51NO2. The van der Waals surface area contributed by atoms with Crippen LogP contribution >= 0.6 is 0 Å². The Morgan fingerprint density at radius 3 is 1.61 bits per heavy atom. The van der Waals surface area contributed by atoms with Gasteiger partial charge in [-0.15, -0.1) is 0 Å². The Labute approximate surface area is 193 Å². The van der Waals surface area contributed by atoms with E-state index in [9.17, 15) is 10.2 Å². The summed E-state index contributed by atoms with van der Waals surface area (Å²) in [6.07, 6.45) is 25.8. The van der Waals surface area contributed by atoms with Crippen LogP contribution in [-0.2, 0) is 0 Å². The van der Waals surface area contributed by atoms with Crippen LogP contribution in [0.5, 0.6) is 11.8 Å². The molecule has 0 aliphatic heterocycles. The van der Waals surface area contributed by atoms with Crippen molar-refractivity contribution in [3.05, 3.63) is 23.8 Å². The van der Waals surface area contributed by atoms with Gasteiger partial charge < -0.3 is 10.2 Å². The predicted octanol–water partition coefficient (Wildman–Crippen LogP) is 9.45. The van der Waals surface area contributed by atoms with E-state index in [1.807, 2.05) is 0 Å². The van der Waals surface area contributed by atoms with E-state index >= 15 is 0 Å². The van der Waals surface area contributed by atoms with Gasteiger partial charge >= 0.3 is 0 Å². The molecule has 1 heterocycles. The molecule has 2 N–H and O–H groups in total. The fourth-order valence-corrected chi connectivity index (χ4v) is 4.52. The smallest absolute Gasteiger partial charge is 0.194 e. The summed E-state index contributed by atoms with van der Waals surface area (Å²) in [4.78, 5) is 0. The lowest BCUT2D eigenvalue weighted by atomic mass is 9.99. The summed E-state index contributed by atoms with van der Waals surface area (Å²) in [7, 11) is 0. The van der Waals surface area contributed by atoms with Crippen LogP contribution in [-0.4, -0.2) is 14.8 Å². The highest BCUT2D eigenvalue weighted by Crippen LogP contribution is 2.34. The van der Waals surface area contributed by atoms with Gasteiger partial charge in [-0.3, -0.25) is 4.57 Å². The van der Waals surface area contributed by atoms with E-state index in [2.05, 4.69) is 26.8 Å². The van der Waals surface area contributed by atoms with Crippen molar-refractivity contribution in [3.63, 3.8) is 0 Å². The first-order valence-corrected chi connectivity index (χ1v) is 13.4. The van der Waals surface area contributed by atoms with Gasteiger partial charge in [0.25, 0.3) is 0 Å². The molecule has 0 saturated carbocycles. The standard InChI is InChI=1S/C28H51NO2/c1-4-6-8-9-10-11-12-13-14-15-16-17-18-20-21-25(3)26(22-19-7-5-2)29-27(30)23-24-28(29)31/h21,23-24,26,30-31H,4-20,22H2,1-3H3. The Bertz CT molecular complexity index is 556. The number of hydrogen-bond donors (Lipinski definition) is 2. The summed E-state index contributed by atoms with van der Waals surface area (Å²) >= 11 is 0. The van der Waals surface area contributed by atoms with Crippen LogP contribution in [0.1, 0.15) is 142 Å². The summed E-state index contributed by atoms with van der Waals surface area (Å²) in [5, 5.41) is 20.4. The molecule has 0 fully saturated rings. The number of nitrogens with zero attached hydrogens (tertiary/aromatic N) is 1. The largest absolute Gasteiger partial charge is 0.494 e. The molecule has 0 aromatic carbocycles. The minimum absolute atomic E-state index is 0.0588. The summed E-state index contributed by atoms with van der Waals surface area (Å²) < 4.78 is 1.69. The minimum atomic E-state index is 0.0588. The van der Waals surface area contributed by atoms with E-state index in [4.69, 9.17) is 0 Å². The molecule has 3 heteroatoms. The molecule has 1 unspecified atom stereocenters. The van der Waals surface area contributed by atoms with E-state index in [-0.39, 0.29) is 17.8 Å². The Balaban J connectivity index is 2.20. The van der Waals surface area contributed by atoms with E-state index in [0.29, 0.717) is 0 Å². The SMILES string of the molecule is CCCCCCCCCCCCCCCC=C(C)C(CCCCC)n1c(O)ccc1O. The van der Waals surface area contributed by atoms with E-state index < -0.39 is 0 Å². The lowest BCUT2D eigenvalue weighted by Crippen LogP contribution is -2.10. The molecule has 1 aromatic rings. The van der Waals surface area contributed by atoms with Crippen molar-refractivity contribution in [3.8, 4) is 11.8 Å². The maximum atomic E-state index is 10.2. The molecule has 1 rings (SSSR count). The van der Waals surface area contributed by atoms with Crippen molar-refractivity contribution in [1.82, 2.24) is 4.57 Å². The zero-order valence-corrected chi connectivity index (χ0v) is 20.9. The average Bonchev–Trinajstić information content (AvgIpc) is 3.09. The third kappa shape index (κ3) is 12.3. The third-order valence-corrected chi connectivity index (χ3v) is 6.57. The molecule has 180 valence electrons. The Hall–Kier alpha value is -1.38. The molecule has 0 radical (unpaired) electrons. The molecule has 0 aliphatic carbocycles. The summed E-state index contributed by atoms with van der Waals surface area (Å²) in [5.74, 6) is 0.320. The molecule has 0 spiro atoms. The first-order chi connectivity index (χ1) is 15.1. The molecule has 31 heavy (non-hydrogen) atoms. The first-order valence-electron chi connectivity index (χ1n) is 13.4. The topological polar surface area (TPSA) is 45.4 Å². The molecule has 3 nitrogen and oxygen atoms in total. The summed E-state index contributed by atoms with van der Waals surface area (Å²) in [6, 6.07) is 3.23. The number of hydrogen-bond acceptors (Lipinski definition) is 2. The van der Waals surface area contributed by atoms with Gasteiger partial charge in [0.15, 0.2) is 11.8 Å². The van der Waals surface area contributed by atoms with Crippen molar-refractivity contribution >= 4 is 0 Å². The van der Waals surface area contributed by atoms with Gasteiger partial charge in [-0.2, -0.15) is 0 Å².